The first-order valence-corrected chi connectivity index (χ1v) is 7.76. The SMILES string of the molecule is COC[C@H]1CN(C(=O)NCc2cccc(C(C)=O)c2)C[C@@H](C)O1. The van der Waals surface area contributed by atoms with Gasteiger partial charge in [-0.3, -0.25) is 4.79 Å². The molecule has 126 valence electrons. The number of rotatable bonds is 5. The standard InChI is InChI=1S/C17H24N2O4/c1-12-9-19(10-16(23-12)11-22-3)17(21)18-8-14-5-4-6-15(7-14)13(2)20/h4-7,12,16H,8-11H2,1-3H3,(H,18,21)/t12-,16-/m1/s1. The van der Waals surface area contributed by atoms with Crippen molar-refractivity contribution in [2.45, 2.75) is 32.6 Å². The van der Waals surface area contributed by atoms with E-state index in [1.54, 1.807) is 24.1 Å². The number of ketones is 1. The van der Waals surface area contributed by atoms with Crippen molar-refractivity contribution in [2.75, 3.05) is 26.8 Å². The number of carbonyl (C=O) groups is 2. The average Bonchev–Trinajstić information content (AvgIpc) is 2.52. The summed E-state index contributed by atoms with van der Waals surface area (Å²) in [4.78, 5) is 25.5. The van der Waals surface area contributed by atoms with E-state index in [4.69, 9.17) is 9.47 Å². The van der Waals surface area contributed by atoms with Crippen molar-refractivity contribution in [1.29, 1.82) is 0 Å². The van der Waals surface area contributed by atoms with E-state index in [9.17, 15) is 9.59 Å². The lowest BCUT2D eigenvalue weighted by Crippen LogP contribution is -2.53. The molecule has 0 saturated carbocycles. The summed E-state index contributed by atoms with van der Waals surface area (Å²) in [5, 5.41) is 2.90. The number of nitrogens with zero attached hydrogens (tertiary/aromatic N) is 1. The fraction of sp³-hybridized carbons (Fsp3) is 0.529. The van der Waals surface area contributed by atoms with E-state index in [2.05, 4.69) is 5.32 Å². The smallest absolute Gasteiger partial charge is 0.317 e. The van der Waals surface area contributed by atoms with Crippen molar-refractivity contribution in [3.63, 3.8) is 0 Å². The van der Waals surface area contributed by atoms with Gasteiger partial charge in [0.05, 0.1) is 25.4 Å². The minimum Gasteiger partial charge on any atom is -0.382 e. The van der Waals surface area contributed by atoms with Crippen LogP contribution in [0.3, 0.4) is 0 Å². The maximum Gasteiger partial charge on any atom is 0.317 e. The lowest BCUT2D eigenvalue weighted by molar-refractivity contribution is -0.0897. The number of methoxy groups -OCH3 is 1. The maximum absolute atomic E-state index is 12.3. The Morgan fingerprint density at radius 2 is 2.17 bits per heavy atom. The van der Waals surface area contributed by atoms with E-state index < -0.39 is 0 Å². The number of carbonyl (C=O) groups excluding carboxylic acids is 2. The Kier molecular flexibility index (Phi) is 6.12. The zero-order valence-corrected chi connectivity index (χ0v) is 13.9. The first-order chi connectivity index (χ1) is 11.0. The number of benzene rings is 1. The molecule has 0 unspecified atom stereocenters. The summed E-state index contributed by atoms with van der Waals surface area (Å²) in [6.07, 6.45) is -0.119. The van der Waals surface area contributed by atoms with E-state index in [-0.39, 0.29) is 24.0 Å². The Morgan fingerprint density at radius 1 is 1.39 bits per heavy atom. The second-order valence-electron chi connectivity index (χ2n) is 5.84. The van der Waals surface area contributed by atoms with Gasteiger partial charge in [-0.15, -0.1) is 0 Å². The maximum atomic E-state index is 12.3. The molecule has 1 heterocycles. The highest BCUT2D eigenvalue weighted by atomic mass is 16.5. The fourth-order valence-corrected chi connectivity index (χ4v) is 2.68. The third-order valence-electron chi connectivity index (χ3n) is 3.74. The van der Waals surface area contributed by atoms with Crippen LogP contribution >= 0.6 is 0 Å². The van der Waals surface area contributed by atoms with Gasteiger partial charge in [0.1, 0.15) is 0 Å². The van der Waals surface area contributed by atoms with Gasteiger partial charge in [0, 0.05) is 25.8 Å². The normalized spacial score (nSPS) is 21.1. The van der Waals surface area contributed by atoms with Crippen molar-refractivity contribution in [2.24, 2.45) is 0 Å². The van der Waals surface area contributed by atoms with E-state index in [1.165, 1.54) is 6.92 Å². The third kappa shape index (κ3) is 5.04. The quantitative estimate of drug-likeness (QED) is 0.841. The highest BCUT2D eigenvalue weighted by Gasteiger charge is 2.28. The largest absolute Gasteiger partial charge is 0.382 e. The number of amides is 2. The molecular formula is C17H24N2O4. The summed E-state index contributed by atoms with van der Waals surface area (Å²) < 4.78 is 10.8. The molecule has 2 rings (SSSR count). The Labute approximate surface area is 136 Å². The molecule has 0 spiro atoms. The molecule has 0 aliphatic carbocycles. The molecule has 0 bridgehead atoms. The molecule has 1 fully saturated rings. The highest BCUT2D eigenvalue weighted by molar-refractivity contribution is 5.94. The van der Waals surface area contributed by atoms with Gasteiger partial charge < -0.3 is 19.7 Å². The van der Waals surface area contributed by atoms with Crippen molar-refractivity contribution < 1.29 is 19.1 Å². The molecule has 2 atom stereocenters. The van der Waals surface area contributed by atoms with Gasteiger partial charge in [-0.1, -0.05) is 18.2 Å². The number of urea groups is 1. The Balaban J connectivity index is 1.91. The summed E-state index contributed by atoms with van der Waals surface area (Å²) in [6, 6.07) is 7.16. The van der Waals surface area contributed by atoms with E-state index >= 15 is 0 Å². The molecule has 1 aromatic carbocycles. The van der Waals surface area contributed by atoms with Crippen LogP contribution in [0.1, 0.15) is 29.8 Å². The number of hydrogen-bond acceptors (Lipinski definition) is 4. The number of morpholine rings is 1. The van der Waals surface area contributed by atoms with Crippen LogP contribution in [0, 0.1) is 0 Å². The van der Waals surface area contributed by atoms with Crippen LogP contribution in [0.15, 0.2) is 24.3 Å². The minimum atomic E-state index is -0.130. The topological polar surface area (TPSA) is 67.9 Å². The number of hydrogen-bond donors (Lipinski definition) is 1. The molecule has 23 heavy (non-hydrogen) atoms. The van der Waals surface area contributed by atoms with Crippen molar-refractivity contribution in [3.05, 3.63) is 35.4 Å². The van der Waals surface area contributed by atoms with Crippen molar-refractivity contribution in [3.8, 4) is 0 Å². The van der Waals surface area contributed by atoms with Crippen LogP contribution in [0.5, 0.6) is 0 Å². The molecule has 1 aliphatic rings. The molecule has 1 saturated heterocycles. The molecule has 6 heteroatoms. The van der Waals surface area contributed by atoms with Crippen LogP contribution in [-0.4, -0.2) is 55.7 Å². The molecular weight excluding hydrogens is 296 g/mol. The number of Topliss-reactive ketones (excluding diaryl/α,β-unsaturated/α-hetero) is 1. The predicted molar refractivity (Wildman–Crippen MR) is 86.5 cm³/mol. The van der Waals surface area contributed by atoms with Gasteiger partial charge >= 0.3 is 6.03 Å². The fourth-order valence-electron chi connectivity index (χ4n) is 2.68. The predicted octanol–water partition coefficient (Wildman–Crippen LogP) is 1.83. The van der Waals surface area contributed by atoms with Crippen molar-refractivity contribution >= 4 is 11.8 Å². The van der Waals surface area contributed by atoms with E-state index in [0.29, 0.717) is 31.8 Å². The Hall–Kier alpha value is -1.92. The summed E-state index contributed by atoms with van der Waals surface area (Å²) in [7, 11) is 1.62. The molecule has 6 nitrogen and oxygen atoms in total. The van der Waals surface area contributed by atoms with E-state index in [1.807, 2.05) is 19.1 Å². The zero-order valence-electron chi connectivity index (χ0n) is 13.9. The molecule has 1 N–H and O–H groups in total. The molecule has 1 aromatic rings. The van der Waals surface area contributed by atoms with Gasteiger partial charge in [-0.2, -0.15) is 0 Å². The molecule has 1 aliphatic heterocycles. The average molecular weight is 320 g/mol. The summed E-state index contributed by atoms with van der Waals surface area (Å²) in [5.74, 6) is 0.0163. The molecule has 0 radical (unpaired) electrons. The Morgan fingerprint density at radius 3 is 2.87 bits per heavy atom. The highest BCUT2D eigenvalue weighted by Crippen LogP contribution is 2.12. The summed E-state index contributed by atoms with van der Waals surface area (Å²) >= 11 is 0. The monoisotopic (exact) mass is 320 g/mol. The second kappa shape index (κ2) is 8.08. The zero-order chi connectivity index (χ0) is 16.8. The number of nitrogens with one attached hydrogen (secondary N) is 1. The number of ether oxygens (including phenoxy) is 2. The summed E-state index contributed by atoms with van der Waals surface area (Å²) in [5.41, 5.74) is 1.55. The van der Waals surface area contributed by atoms with E-state index in [0.717, 1.165) is 5.56 Å². The lowest BCUT2D eigenvalue weighted by Gasteiger charge is -2.36. The minimum absolute atomic E-state index is 0.0163. The van der Waals surface area contributed by atoms with Crippen LogP contribution in [0.25, 0.3) is 0 Å². The van der Waals surface area contributed by atoms with Crippen LogP contribution in [0.4, 0.5) is 4.79 Å². The van der Waals surface area contributed by atoms with Crippen LogP contribution in [-0.2, 0) is 16.0 Å². The van der Waals surface area contributed by atoms with Gasteiger partial charge in [-0.05, 0) is 25.5 Å². The van der Waals surface area contributed by atoms with Crippen molar-refractivity contribution in [1.82, 2.24) is 10.2 Å². The summed E-state index contributed by atoms with van der Waals surface area (Å²) in [6.45, 7) is 5.40. The van der Waals surface area contributed by atoms with Crippen LogP contribution < -0.4 is 5.32 Å². The third-order valence-corrected chi connectivity index (χ3v) is 3.74. The molecule has 0 aromatic heterocycles. The first kappa shape index (κ1) is 17.4. The Bertz CT molecular complexity index is 561. The second-order valence-corrected chi connectivity index (χ2v) is 5.84. The first-order valence-electron chi connectivity index (χ1n) is 7.76. The van der Waals surface area contributed by atoms with Crippen LogP contribution in [0.2, 0.25) is 0 Å². The van der Waals surface area contributed by atoms with Gasteiger partial charge in [0.25, 0.3) is 0 Å². The van der Waals surface area contributed by atoms with Gasteiger partial charge in [-0.25, -0.2) is 4.79 Å². The van der Waals surface area contributed by atoms with Gasteiger partial charge in [0.2, 0.25) is 0 Å². The van der Waals surface area contributed by atoms with Gasteiger partial charge in [0.15, 0.2) is 5.78 Å². The molecule has 2 amide bonds. The lowest BCUT2D eigenvalue weighted by atomic mass is 10.1.